The lowest BCUT2D eigenvalue weighted by Crippen LogP contribution is -2.46. The molecule has 2 fully saturated rings. The summed E-state index contributed by atoms with van der Waals surface area (Å²) in [5.74, 6) is 1.26. The molecule has 4 rings (SSSR count). The summed E-state index contributed by atoms with van der Waals surface area (Å²) < 4.78 is 6.04. The molecule has 1 unspecified atom stereocenters. The van der Waals surface area contributed by atoms with Crippen molar-refractivity contribution in [3.8, 4) is 0 Å². The fraction of sp³-hybridized carbons (Fsp3) is 0.731. The van der Waals surface area contributed by atoms with Gasteiger partial charge in [-0.25, -0.2) is 0 Å². The van der Waals surface area contributed by atoms with Crippen molar-refractivity contribution in [1.29, 1.82) is 0 Å². The normalized spacial score (nSPS) is 41.8. The first-order valence-electron chi connectivity index (χ1n) is 11.7. The van der Waals surface area contributed by atoms with E-state index >= 15 is 0 Å². The fourth-order valence-electron chi connectivity index (χ4n) is 7.14. The maximum atomic E-state index is 13.1. The second kappa shape index (κ2) is 8.03. The molecule has 8 atom stereocenters. The largest absolute Gasteiger partial charge is 0.393 e. The molecule has 4 heteroatoms. The maximum absolute atomic E-state index is 13.1. The van der Waals surface area contributed by atoms with Crippen LogP contribution in [0.25, 0.3) is 0 Å². The van der Waals surface area contributed by atoms with Crippen molar-refractivity contribution in [1.82, 2.24) is 0 Å². The summed E-state index contributed by atoms with van der Waals surface area (Å²) in [6, 6.07) is 0. The lowest BCUT2D eigenvalue weighted by atomic mass is 9.57. The molecule has 0 spiro atoms. The number of hydrogen-bond acceptors (Lipinski definition) is 4. The second-order valence-corrected chi connectivity index (χ2v) is 10.6. The molecule has 0 aliphatic heterocycles. The van der Waals surface area contributed by atoms with Crippen LogP contribution in [0, 0.1) is 29.1 Å². The Morgan fingerprint density at radius 2 is 2.10 bits per heavy atom. The molecular weight excluding hydrogens is 376 g/mol. The van der Waals surface area contributed by atoms with Crippen molar-refractivity contribution < 1.29 is 19.7 Å². The van der Waals surface area contributed by atoms with E-state index in [0.29, 0.717) is 30.6 Å². The Labute approximate surface area is 181 Å². The molecule has 2 bridgehead atoms. The zero-order valence-electron chi connectivity index (χ0n) is 18.9. The summed E-state index contributed by atoms with van der Waals surface area (Å²) in [5.41, 5.74) is 2.38. The first kappa shape index (κ1) is 22.0. The van der Waals surface area contributed by atoms with Gasteiger partial charge in [0.25, 0.3) is 0 Å². The Hall–Kier alpha value is -1.23. The van der Waals surface area contributed by atoms with E-state index in [2.05, 4.69) is 26.0 Å². The van der Waals surface area contributed by atoms with Gasteiger partial charge in [-0.05, 0) is 82.1 Å². The van der Waals surface area contributed by atoms with E-state index in [1.54, 1.807) is 14.0 Å². The molecule has 0 aromatic rings. The van der Waals surface area contributed by atoms with Crippen molar-refractivity contribution in [3.63, 3.8) is 0 Å². The lowest BCUT2D eigenvalue weighted by Gasteiger charge is -2.49. The van der Waals surface area contributed by atoms with Crippen molar-refractivity contribution in [2.45, 2.75) is 83.5 Å². The third kappa shape index (κ3) is 3.65. The number of aliphatic hydroxyl groups is 2. The highest BCUT2D eigenvalue weighted by Crippen LogP contribution is 2.63. The molecule has 4 aliphatic carbocycles. The number of aliphatic hydroxyl groups excluding tert-OH is 2. The number of allylic oxidation sites excluding steroid dienone is 3. The summed E-state index contributed by atoms with van der Waals surface area (Å²) in [5, 5.41) is 20.0. The van der Waals surface area contributed by atoms with Gasteiger partial charge in [-0.1, -0.05) is 36.3 Å². The average molecular weight is 415 g/mol. The Morgan fingerprint density at radius 3 is 2.80 bits per heavy atom. The van der Waals surface area contributed by atoms with E-state index in [9.17, 15) is 15.0 Å². The Balaban J connectivity index is 1.69. The van der Waals surface area contributed by atoms with Gasteiger partial charge in [0.1, 0.15) is 0 Å². The van der Waals surface area contributed by atoms with E-state index in [1.165, 1.54) is 11.1 Å². The van der Waals surface area contributed by atoms with Gasteiger partial charge in [0, 0.05) is 18.9 Å². The van der Waals surface area contributed by atoms with Gasteiger partial charge < -0.3 is 14.9 Å². The van der Waals surface area contributed by atoms with E-state index in [-0.39, 0.29) is 23.2 Å². The number of fused-ring (bicyclic) bond motifs is 6. The van der Waals surface area contributed by atoms with Crippen LogP contribution in [0.1, 0.15) is 65.7 Å². The monoisotopic (exact) mass is 414 g/mol. The summed E-state index contributed by atoms with van der Waals surface area (Å²) in [4.78, 5) is 13.1. The van der Waals surface area contributed by atoms with Crippen LogP contribution >= 0.6 is 0 Å². The lowest BCUT2D eigenvalue weighted by molar-refractivity contribution is -0.119. The van der Waals surface area contributed by atoms with Gasteiger partial charge >= 0.3 is 0 Å². The van der Waals surface area contributed by atoms with Gasteiger partial charge in [-0.2, -0.15) is 0 Å². The topological polar surface area (TPSA) is 66.8 Å². The maximum Gasteiger partial charge on any atom is 0.159 e. The molecule has 0 radical (unpaired) electrons. The van der Waals surface area contributed by atoms with Crippen LogP contribution in [0.4, 0.5) is 0 Å². The second-order valence-electron chi connectivity index (χ2n) is 10.6. The van der Waals surface area contributed by atoms with Crippen LogP contribution in [0.5, 0.6) is 0 Å². The number of ketones is 1. The number of ether oxygens (including phenoxy) is 1. The van der Waals surface area contributed by atoms with E-state index in [4.69, 9.17) is 4.74 Å². The highest BCUT2D eigenvalue weighted by atomic mass is 16.5. The molecule has 2 saturated carbocycles. The van der Waals surface area contributed by atoms with Crippen molar-refractivity contribution in [3.05, 3.63) is 35.5 Å². The summed E-state index contributed by atoms with van der Waals surface area (Å²) >= 11 is 0. The number of rotatable bonds is 4. The molecule has 0 aromatic carbocycles. The Bertz CT molecular complexity index is 778. The van der Waals surface area contributed by atoms with Crippen LogP contribution in [-0.4, -0.2) is 40.9 Å². The average Bonchev–Trinajstić information content (AvgIpc) is 2.86. The van der Waals surface area contributed by atoms with Crippen LogP contribution in [0.3, 0.4) is 0 Å². The van der Waals surface area contributed by atoms with Crippen LogP contribution in [-0.2, 0) is 9.53 Å². The van der Waals surface area contributed by atoms with E-state index in [1.807, 2.05) is 12.2 Å². The minimum atomic E-state index is -0.493. The zero-order valence-corrected chi connectivity index (χ0v) is 18.9. The standard InChI is InChI=1S/C26H38O4/c1-16(27)9-12-26(3,30-4)24-8-7-22-21-15-23(29)18-13-17(5-6-19(28)14-18)20(21)10-11-25(22,24)2/h5,9,12,15-16,18-20,22,24,27-28H,6-8,10-11,13-14H2,1-4H3/b12-9+/t16-,18+,19+,20-,22+,24?,25+,26+/m1/s1. The fourth-order valence-corrected chi connectivity index (χ4v) is 7.14. The Morgan fingerprint density at radius 1 is 1.33 bits per heavy atom. The van der Waals surface area contributed by atoms with E-state index < -0.39 is 11.7 Å². The molecule has 2 N–H and O–H groups in total. The minimum absolute atomic E-state index is 0.0616. The third-order valence-electron chi connectivity index (χ3n) is 8.80. The number of methoxy groups -OCH3 is 1. The molecule has 4 aliphatic rings. The first-order valence-corrected chi connectivity index (χ1v) is 11.7. The molecular formula is C26H38O4. The number of hydrogen-bond donors (Lipinski definition) is 2. The van der Waals surface area contributed by atoms with Gasteiger partial charge in [-0.15, -0.1) is 0 Å². The molecule has 0 aromatic heterocycles. The SMILES string of the molecule is CO[C@@](C)(/C=C/[C@@H](C)O)C1CC[C@H]2C3=CC(=O)[C@H]4CC(=CC[C@H](O)C4)[C@H]3CC[C@]12C. The highest BCUT2D eigenvalue weighted by molar-refractivity contribution is 5.93. The number of carbonyl (C=O) groups is 1. The van der Waals surface area contributed by atoms with Crippen molar-refractivity contribution >= 4 is 5.78 Å². The molecule has 0 amide bonds. The predicted octanol–water partition coefficient (Wildman–Crippen LogP) is 4.37. The van der Waals surface area contributed by atoms with Crippen LogP contribution in [0.15, 0.2) is 35.5 Å². The van der Waals surface area contributed by atoms with Gasteiger partial charge in [0.05, 0.1) is 17.8 Å². The van der Waals surface area contributed by atoms with Gasteiger partial charge in [-0.3, -0.25) is 4.79 Å². The molecule has 30 heavy (non-hydrogen) atoms. The molecule has 4 nitrogen and oxygen atoms in total. The number of carbonyl (C=O) groups excluding carboxylic acids is 1. The first-order chi connectivity index (χ1) is 14.2. The Kier molecular flexibility index (Phi) is 5.89. The smallest absolute Gasteiger partial charge is 0.159 e. The summed E-state index contributed by atoms with van der Waals surface area (Å²) in [6.07, 6.45) is 13.6. The van der Waals surface area contributed by atoms with E-state index in [0.717, 1.165) is 32.1 Å². The quantitative estimate of drug-likeness (QED) is 0.671. The molecule has 0 saturated heterocycles. The minimum Gasteiger partial charge on any atom is -0.393 e. The highest BCUT2D eigenvalue weighted by Gasteiger charge is 2.57. The van der Waals surface area contributed by atoms with Crippen LogP contribution in [0.2, 0.25) is 0 Å². The van der Waals surface area contributed by atoms with Crippen molar-refractivity contribution in [2.24, 2.45) is 29.1 Å². The van der Waals surface area contributed by atoms with Crippen LogP contribution < -0.4 is 0 Å². The van der Waals surface area contributed by atoms with Gasteiger partial charge in [0.15, 0.2) is 5.78 Å². The predicted molar refractivity (Wildman–Crippen MR) is 118 cm³/mol. The molecule has 166 valence electrons. The zero-order chi connectivity index (χ0) is 21.7. The molecule has 0 heterocycles. The van der Waals surface area contributed by atoms with Crippen molar-refractivity contribution in [2.75, 3.05) is 7.11 Å². The summed E-state index contributed by atoms with van der Waals surface area (Å²) in [6.45, 7) is 6.31. The summed E-state index contributed by atoms with van der Waals surface area (Å²) in [7, 11) is 1.77. The third-order valence-corrected chi connectivity index (χ3v) is 8.80. The van der Waals surface area contributed by atoms with Gasteiger partial charge in [0.2, 0.25) is 0 Å².